The Bertz CT molecular complexity index is 626. The number of amides is 3. The third kappa shape index (κ3) is 4.65. The number of urea groups is 1. The molecular formula is C16H17N3O2. The largest absolute Gasteiger partial charge is 0.376 e. The van der Waals surface area contributed by atoms with Crippen molar-refractivity contribution in [1.29, 1.82) is 0 Å². The minimum Gasteiger partial charge on any atom is -0.376 e. The van der Waals surface area contributed by atoms with Crippen LogP contribution < -0.4 is 16.4 Å². The van der Waals surface area contributed by atoms with E-state index < -0.39 is 11.9 Å². The molecule has 4 N–H and O–H groups in total. The first-order valence-corrected chi connectivity index (χ1v) is 6.60. The molecule has 0 bridgehead atoms. The van der Waals surface area contributed by atoms with Crippen LogP contribution in [0.2, 0.25) is 0 Å². The molecule has 0 saturated carbocycles. The van der Waals surface area contributed by atoms with Crippen molar-refractivity contribution < 1.29 is 9.59 Å². The van der Waals surface area contributed by atoms with Crippen LogP contribution in [0.4, 0.5) is 10.5 Å². The second-order valence-corrected chi connectivity index (χ2v) is 4.59. The third-order valence-electron chi connectivity index (χ3n) is 2.96. The first-order chi connectivity index (χ1) is 10.1. The topological polar surface area (TPSA) is 84.2 Å². The van der Waals surface area contributed by atoms with Crippen LogP contribution in [0.15, 0.2) is 54.6 Å². The van der Waals surface area contributed by atoms with Crippen LogP contribution in [-0.2, 0) is 11.2 Å². The minimum absolute atomic E-state index is 0.00522. The molecule has 2 aromatic carbocycles. The average molecular weight is 283 g/mol. The summed E-state index contributed by atoms with van der Waals surface area (Å²) < 4.78 is 0. The molecule has 21 heavy (non-hydrogen) atoms. The molecule has 0 atom stereocenters. The van der Waals surface area contributed by atoms with Crippen LogP contribution in [0.5, 0.6) is 0 Å². The zero-order valence-corrected chi connectivity index (χ0v) is 11.5. The molecule has 5 nitrogen and oxygen atoms in total. The summed E-state index contributed by atoms with van der Waals surface area (Å²) in [5.41, 5.74) is 8.03. The number of benzene rings is 2. The smallest absolute Gasteiger partial charge is 0.318 e. The van der Waals surface area contributed by atoms with Crippen LogP contribution in [0.25, 0.3) is 0 Å². The fourth-order valence-electron chi connectivity index (χ4n) is 2.02. The van der Waals surface area contributed by atoms with Crippen molar-refractivity contribution in [2.75, 3.05) is 11.9 Å². The van der Waals surface area contributed by atoms with Gasteiger partial charge in [0.15, 0.2) is 0 Å². The maximum absolute atomic E-state index is 11.4. The van der Waals surface area contributed by atoms with Crippen molar-refractivity contribution in [3.05, 3.63) is 65.7 Å². The van der Waals surface area contributed by atoms with Crippen LogP contribution >= 0.6 is 0 Å². The molecule has 0 aliphatic rings. The molecule has 0 unspecified atom stereocenters. The SMILES string of the molecule is NC(=O)NC(=O)CNc1ccccc1Cc1ccccc1. The molecule has 2 rings (SSSR count). The molecule has 2 aromatic rings. The lowest BCUT2D eigenvalue weighted by atomic mass is 10.0. The first-order valence-electron chi connectivity index (χ1n) is 6.60. The highest BCUT2D eigenvalue weighted by Gasteiger charge is 2.06. The van der Waals surface area contributed by atoms with E-state index in [0.717, 1.165) is 17.7 Å². The molecule has 0 spiro atoms. The van der Waals surface area contributed by atoms with Crippen molar-refractivity contribution in [3.63, 3.8) is 0 Å². The van der Waals surface area contributed by atoms with Crippen molar-refractivity contribution in [2.24, 2.45) is 5.73 Å². The second kappa shape index (κ2) is 7.09. The molecule has 5 heteroatoms. The molecule has 0 aromatic heterocycles. The number of hydrogen-bond donors (Lipinski definition) is 3. The van der Waals surface area contributed by atoms with Gasteiger partial charge < -0.3 is 11.1 Å². The van der Waals surface area contributed by atoms with E-state index in [1.807, 2.05) is 47.8 Å². The minimum atomic E-state index is -0.848. The zero-order valence-electron chi connectivity index (χ0n) is 11.5. The van der Waals surface area contributed by atoms with Gasteiger partial charge in [0.05, 0.1) is 6.54 Å². The number of nitrogens with two attached hydrogens (primary N) is 1. The van der Waals surface area contributed by atoms with Gasteiger partial charge in [-0.2, -0.15) is 0 Å². The number of carbonyl (C=O) groups is 2. The third-order valence-corrected chi connectivity index (χ3v) is 2.96. The molecule has 0 radical (unpaired) electrons. The number of imide groups is 1. The summed E-state index contributed by atoms with van der Waals surface area (Å²) in [5.74, 6) is -0.461. The van der Waals surface area contributed by atoms with Gasteiger partial charge in [-0.05, 0) is 23.6 Å². The van der Waals surface area contributed by atoms with Crippen molar-refractivity contribution >= 4 is 17.6 Å². The molecule has 0 aliphatic carbocycles. The molecule has 0 heterocycles. The number of para-hydroxylation sites is 1. The lowest BCUT2D eigenvalue weighted by Crippen LogP contribution is -2.38. The lowest BCUT2D eigenvalue weighted by molar-refractivity contribution is -0.118. The summed E-state index contributed by atoms with van der Waals surface area (Å²) in [4.78, 5) is 22.0. The first kappa shape index (κ1) is 14.6. The fourth-order valence-corrected chi connectivity index (χ4v) is 2.02. The fraction of sp³-hybridized carbons (Fsp3) is 0.125. The Morgan fingerprint density at radius 1 is 0.952 bits per heavy atom. The highest BCUT2D eigenvalue weighted by molar-refractivity contribution is 5.95. The number of carbonyl (C=O) groups excluding carboxylic acids is 2. The summed E-state index contributed by atoms with van der Waals surface area (Å²) >= 11 is 0. The summed E-state index contributed by atoms with van der Waals surface area (Å²) in [6.45, 7) is -0.00522. The van der Waals surface area contributed by atoms with Gasteiger partial charge in [0.25, 0.3) is 0 Å². The normalized spacial score (nSPS) is 9.90. The molecular weight excluding hydrogens is 266 g/mol. The van der Waals surface area contributed by atoms with Crippen molar-refractivity contribution in [2.45, 2.75) is 6.42 Å². The number of nitrogens with one attached hydrogen (secondary N) is 2. The summed E-state index contributed by atoms with van der Waals surface area (Å²) in [7, 11) is 0. The van der Waals surface area contributed by atoms with E-state index in [4.69, 9.17) is 5.73 Å². The maximum atomic E-state index is 11.4. The Hall–Kier alpha value is -2.82. The Balaban J connectivity index is 2.03. The molecule has 0 saturated heterocycles. The van der Waals surface area contributed by atoms with Gasteiger partial charge >= 0.3 is 6.03 Å². The number of rotatable bonds is 5. The van der Waals surface area contributed by atoms with Crippen molar-refractivity contribution in [3.8, 4) is 0 Å². The van der Waals surface area contributed by atoms with Crippen LogP contribution in [-0.4, -0.2) is 18.5 Å². The molecule has 0 fully saturated rings. The van der Waals surface area contributed by atoms with Gasteiger partial charge in [0.1, 0.15) is 0 Å². The van der Waals surface area contributed by atoms with Crippen molar-refractivity contribution in [1.82, 2.24) is 5.32 Å². The number of anilines is 1. The van der Waals surface area contributed by atoms with Gasteiger partial charge in [-0.15, -0.1) is 0 Å². The van der Waals surface area contributed by atoms with Gasteiger partial charge in [-0.3, -0.25) is 10.1 Å². The van der Waals surface area contributed by atoms with E-state index in [2.05, 4.69) is 17.4 Å². The van der Waals surface area contributed by atoms with E-state index in [-0.39, 0.29) is 6.54 Å². The molecule has 3 amide bonds. The maximum Gasteiger partial charge on any atom is 0.318 e. The second-order valence-electron chi connectivity index (χ2n) is 4.59. The lowest BCUT2D eigenvalue weighted by Gasteiger charge is -2.11. The van der Waals surface area contributed by atoms with Gasteiger partial charge in [0.2, 0.25) is 5.91 Å². The highest BCUT2D eigenvalue weighted by atomic mass is 16.2. The highest BCUT2D eigenvalue weighted by Crippen LogP contribution is 2.18. The Kier molecular flexibility index (Phi) is 4.93. The predicted molar refractivity (Wildman–Crippen MR) is 81.9 cm³/mol. The molecule has 0 aliphatic heterocycles. The Morgan fingerprint density at radius 2 is 1.62 bits per heavy atom. The van der Waals surface area contributed by atoms with Crippen LogP contribution in [0.3, 0.4) is 0 Å². The van der Waals surface area contributed by atoms with E-state index in [9.17, 15) is 9.59 Å². The van der Waals surface area contributed by atoms with Gasteiger partial charge in [0, 0.05) is 5.69 Å². The van der Waals surface area contributed by atoms with Crippen LogP contribution in [0.1, 0.15) is 11.1 Å². The monoisotopic (exact) mass is 283 g/mol. The van der Waals surface area contributed by atoms with Gasteiger partial charge in [-0.25, -0.2) is 4.79 Å². The zero-order chi connectivity index (χ0) is 15.1. The van der Waals surface area contributed by atoms with Gasteiger partial charge in [-0.1, -0.05) is 48.5 Å². The number of primary amides is 1. The number of hydrogen-bond acceptors (Lipinski definition) is 3. The predicted octanol–water partition coefficient (Wildman–Crippen LogP) is 1.88. The average Bonchev–Trinajstić information content (AvgIpc) is 2.47. The van der Waals surface area contributed by atoms with E-state index in [0.29, 0.717) is 0 Å². The summed E-state index contributed by atoms with van der Waals surface area (Å²) in [6, 6.07) is 17.0. The van der Waals surface area contributed by atoms with E-state index in [1.165, 1.54) is 5.56 Å². The molecule has 108 valence electrons. The van der Waals surface area contributed by atoms with Crippen LogP contribution in [0, 0.1) is 0 Å². The summed E-state index contributed by atoms with van der Waals surface area (Å²) in [6.07, 6.45) is 0.765. The van der Waals surface area contributed by atoms with E-state index in [1.54, 1.807) is 0 Å². The quantitative estimate of drug-likeness (QED) is 0.783. The van der Waals surface area contributed by atoms with E-state index >= 15 is 0 Å². The Labute approximate surface area is 123 Å². The summed E-state index contributed by atoms with van der Waals surface area (Å²) in [5, 5.41) is 5.04. The standard InChI is InChI=1S/C16H17N3O2/c17-16(21)19-15(20)11-18-14-9-5-4-8-13(14)10-12-6-2-1-3-7-12/h1-9,18H,10-11H2,(H3,17,19,20,21). The Morgan fingerprint density at radius 3 is 2.33 bits per heavy atom.